The van der Waals surface area contributed by atoms with Gasteiger partial charge in [-0.1, -0.05) is 30.0 Å². The van der Waals surface area contributed by atoms with Crippen LogP contribution in [0.4, 0.5) is 0 Å². The van der Waals surface area contributed by atoms with Gasteiger partial charge in [-0.05, 0) is 30.3 Å². The Morgan fingerprint density at radius 2 is 1.80 bits per heavy atom. The van der Waals surface area contributed by atoms with Gasteiger partial charge in [-0.15, -0.1) is 10.2 Å². The normalized spacial score (nSPS) is 10.3. The molecule has 0 N–H and O–H groups in total. The van der Waals surface area contributed by atoms with Gasteiger partial charge in [-0.25, -0.2) is 0 Å². The summed E-state index contributed by atoms with van der Waals surface area (Å²) in [4.78, 5) is 0. The number of methoxy groups -OCH3 is 2. The molecule has 0 amide bonds. The van der Waals surface area contributed by atoms with Crippen molar-refractivity contribution >= 4 is 11.8 Å². The summed E-state index contributed by atoms with van der Waals surface area (Å²) in [5.41, 5.74) is 1.77. The highest BCUT2D eigenvalue weighted by molar-refractivity contribution is 7.99. The fourth-order valence-corrected chi connectivity index (χ4v) is 3.05. The molecule has 0 saturated heterocycles. The number of rotatable bonds is 6. The van der Waals surface area contributed by atoms with Crippen molar-refractivity contribution < 1.29 is 9.47 Å². The Morgan fingerprint density at radius 1 is 1.04 bits per heavy atom. The molecule has 0 spiro atoms. The van der Waals surface area contributed by atoms with E-state index >= 15 is 0 Å². The van der Waals surface area contributed by atoms with Gasteiger partial charge in [0, 0.05) is 11.3 Å². The maximum Gasteiger partial charge on any atom is 0.197 e. The highest BCUT2D eigenvalue weighted by Crippen LogP contribution is 2.34. The van der Waals surface area contributed by atoms with E-state index in [9.17, 15) is 0 Å². The second-order valence-corrected chi connectivity index (χ2v) is 5.94. The third kappa shape index (κ3) is 3.44. The third-order valence-corrected chi connectivity index (χ3v) is 4.35. The predicted octanol–water partition coefficient (Wildman–Crippen LogP) is 3.57. The highest BCUT2D eigenvalue weighted by atomic mass is 32.2. The van der Waals surface area contributed by atoms with Gasteiger partial charge in [0.1, 0.15) is 0 Å². The van der Waals surface area contributed by atoms with Gasteiger partial charge in [0.05, 0.1) is 26.0 Å². The van der Waals surface area contributed by atoms with Crippen molar-refractivity contribution in [1.82, 2.24) is 14.8 Å². The van der Waals surface area contributed by atoms with E-state index in [4.69, 9.17) is 14.7 Å². The lowest BCUT2D eigenvalue weighted by atomic mass is 10.2. The van der Waals surface area contributed by atoms with Gasteiger partial charge >= 0.3 is 0 Å². The van der Waals surface area contributed by atoms with Crippen LogP contribution >= 0.6 is 11.8 Å². The summed E-state index contributed by atoms with van der Waals surface area (Å²) in [5.74, 6) is 2.24. The average molecular weight is 352 g/mol. The Kier molecular flexibility index (Phi) is 5.21. The second kappa shape index (κ2) is 7.73. The minimum atomic E-state index is 0.302. The lowest BCUT2D eigenvalue weighted by Crippen LogP contribution is -2.00. The molecule has 0 aliphatic heterocycles. The average Bonchev–Trinajstić information content (AvgIpc) is 3.10. The minimum absolute atomic E-state index is 0.302. The molecule has 0 atom stereocenters. The van der Waals surface area contributed by atoms with E-state index in [1.54, 1.807) is 14.2 Å². The Hall–Kier alpha value is -2.98. The number of nitrogens with zero attached hydrogens (tertiary/aromatic N) is 4. The van der Waals surface area contributed by atoms with E-state index in [0.717, 1.165) is 11.3 Å². The van der Waals surface area contributed by atoms with Gasteiger partial charge in [-0.2, -0.15) is 5.26 Å². The van der Waals surface area contributed by atoms with Crippen molar-refractivity contribution in [3.63, 3.8) is 0 Å². The van der Waals surface area contributed by atoms with Crippen LogP contribution in [0.3, 0.4) is 0 Å². The molecule has 0 fully saturated rings. The Bertz CT molecular complexity index is 903. The topological polar surface area (TPSA) is 73.0 Å². The van der Waals surface area contributed by atoms with Crippen LogP contribution in [0, 0.1) is 11.3 Å². The quantitative estimate of drug-likeness (QED) is 0.632. The number of aromatic nitrogens is 3. The number of nitriles is 1. The molecule has 3 aromatic rings. The van der Waals surface area contributed by atoms with Crippen LogP contribution in [-0.4, -0.2) is 34.7 Å². The minimum Gasteiger partial charge on any atom is -0.493 e. The number of thioether (sulfide) groups is 1. The van der Waals surface area contributed by atoms with Crippen LogP contribution in [0.25, 0.3) is 17.1 Å². The van der Waals surface area contributed by atoms with Gasteiger partial charge in [0.15, 0.2) is 22.5 Å². The molecule has 0 saturated carbocycles. The van der Waals surface area contributed by atoms with Gasteiger partial charge in [-0.3, -0.25) is 4.57 Å². The molecule has 3 rings (SSSR count). The van der Waals surface area contributed by atoms with Crippen LogP contribution in [0.5, 0.6) is 11.5 Å². The molecule has 6 nitrogen and oxygen atoms in total. The van der Waals surface area contributed by atoms with Gasteiger partial charge in [0.2, 0.25) is 0 Å². The lowest BCUT2D eigenvalue weighted by molar-refractivity contribution is 0.355. The van der Waals surface area contributed by atoms with Crippen LogP contribution in [0.2, 0.25) is 0 Å². The molecule has 2 aromatic carbocycles. The number of hydrogen-bond donors (Lipinski definition) is 0. The Balaban J connectivity index is 2.14. The first kappa shape index (κ1) is 16.9. The lowest BCUT2D eigenvalue weighted by Gasteiger charge is -2.12. The molecule has 7 heteroatoms. The van der Waals surface area contributed by atoms with Crippen molar-refractivity contribution in [2.45, 2.75) is 5.16 Å². The SMILES string of the molecule is COc1ccc(-c2nnc(SCC#N)n2-c2ccccc2)cc1OC. The first-order valence-electron chi connectivity index (χ1n) is 7.51. The van der Waals surface area contributed by atoms with Crippen molar-refractivity contribution in [2.24, 2.45) is 0 Å². The molecule has 0 bridgehead atoms. The first-order valence-corrected chi connectivity index (χ1v) is 8.50. The number of hydrogen-bond acceptors (Lipinski definition) is 6. The summed E-state index contributed by atoms with van der Waals surface area (Å²) in [5, 5.41) is 18.1. The molecular weight excluding hydrogens is 336 g/mol. The summed E-state index contributed by atoms with van der Waals surface area (Å²) in [6.07, 6.45) is 0. The molecular formula is C18H16N4O2S. The van der Waals surface area contributed by atoms with E-state index in [2.05, 4.69) is 16.3 Å². The molecule has 25 heavy (non-hydrogen) atoms. The standard InChI is InChI=1S/C18H16N4O2S/c1-23-15-9-8-13(12-16(15)24-2)17-20-21-18(25-11-10-19)22(17)14-6-4-3-5-7-14/h3-9,12H,11H2,1-2H3. The summed E-state index contributed by atoms with van der Waals surface area (Å²) < 4.78 is 12.6. The molecule has 126 valence electrons. The molecule has 0 unspecified atom stereocenters. The first-order chi connectivity index (χ1) is 12.3. The van der Waals surface area contributed by atoms with Gasteiger partial charge < -0.3 is 9.47 Å². The summed E-state index contributed by atoms with van der Waals surface area (Å²) in [7, 11) is 3.19. The summed E-state index contributed by atoms with van der Waals surface area (Å²) >= 11 is 1.35. The zero-order valence-corrected chi connectivity index (χ0v) is 14.7. The smallest absolute Gasteiger partial charge is 0.197 e. The fourth-order valence-electron chi connectivity index (χ4n) is 2.43. The van der Waals surface area contributed by atoms with Crippen LogP contribution in [-0.2, 0) is 0 Å². The maximum atomic E-state index is 8.88. The second-order valence-electron chi connectivity index (χ2n) is 4.99. The van der Waals surface area contributed by atoms with E-state index < -0.39 is 0 Å². The van der Waals surface area contributed by atoms with E-state index in [1.165, 1.54) is 11.8 Å². The van der Waals surface area contributed by atoms with Crippen LogP contribution in [0.1, 0.15) is 0 Å². The predicted molar refractivity (Wildman–Crippen MR) is 96.2 cm³/mol. The third-order valence-electron chi connectivity index (χ3n) is 3.56. The molecule has 0 radical (unpaired) electrons. The number of benzene rings is 2. The molecule has 0 aliphatic carbocycles. The van der Waals surface area contributed by atoms with Crippen molar-refractivity contribution in [3.8, 4) is 34.6 Å². The van der Waals surface area contributed by atoms with Gasteiger partial charge in [0.25, 0.3) is 0 Å². The maximum absolute atomic E-state index is 8.88. The Labute approximate surface area is 150 Å². The highest BCUT2D eigenvalue weighted by Gasteiger charge is 2.17. The van der Waals surface area contributed by atoms with E-state index in [-0.39, 0.29) is 0 Å². The molecule has 1 heterocycles. The van der Waals surface area contributed by atoms with E-state index in [0.29, 0.717) is 28.2 Å². The van der Waals surface area contributed by atoms with E-state index in [1.807, 2.05) is 53.1 Å². The number of ether oxygens (including phenoxy) is 2. The largest absolute Gasteiger partial charge is 0.493 e. The zero-order chi connectivity index (χ0) is 17.6. The monoisotopic (exact) mass is 352 g/mol. The number of para-hydroxylation sites is 1. The molecule has 0 aliphatic rings. The molecule has 1 aromatic heterocycles. The summed E-state index contributed by atoms with van der Waals surface area (Å²) in [6.45, 7) is 0. The zero-order valence-electron chi connectivity index (χ0n) is 13.8. The summed E-state index contributed by atoms with van der Waals surface area (Å²) in [6, 6.07) is 17.5. The Morgan fingerprint density at radius 3 is 2.48 bits per heavy atom. The van der Waals surface area contributed by atoms with Crippen molar-refractivity contribution in [3.05, 3.63) is 48.5 Å². The fraction of sp³-hybridized carbons (Fsp3) is 0.167. The van der Waals surface area contributed by atoms with Crippen molar-refractivity contribution in [2.75, 3.05) is 20.0 Å². The van der Waals surface area contributed by atoms with Crippen LogP contribution in [0.15, 0.2) is 53.7 Å². The van der Waals surface area contributed by atoms with Crippen molar-refractivity contribution in [1.29, 1.82) is 5.26 Å². The van der Waals surface area contributed by atoms with Crippen LogP contribution < -0.4 is 9.47 Å².